The third-order valence-corrected chi connectivity index (χ3v) is 9.25. The molecule has 6 aliphatic rings. The Bertz CT molecular complexity index is 618. The highest BCUT2D eigenvalue weighted by molar-refractivity contribution is 7.99. The van der Waals surface area contributed by atoms with Crippen molar-refractivity contribution in [3.05, 3.63) is 0 Å². The number of hydrogen-bond acceptors (Lipinski definition) is 5. The minimum Gasteiger partial charge on any atom is -0.326 e. The molecule has 4 bridgehead atoms. The number of hydrogen-bond donors (Lipinski definition) is 1. The average molecular weight is 425 g/mol. The van der Waals surface area contributed by atoms with Gasteiger partial charge in [0.25, 0.3) is 0 Å². The van der Waals surface area contributed by atoms with Crippen LogP contribution < -0.4 is 5.32 Å². The lowest BCUT2D eigenvalue weighted by atomic mass is 9.70. The molecule has 0 aromatic rings. The minimum absolute atomic E-state index is 0. The largest absolute Gasteiger partial charge is 0.326 e. The van der Waals surface area contributed by atoms with Crippen LogP contribution in [-0.4, -0.2) is 71.5 Å². The number of nitrogens with zero attached hydrogens (tertiary/aromatic N) is 3. The molecule has 6 fully saturated rings. The topological polar surface area (TPSA) is 59.4 Å². The number of nitrogens with one attached hydrogen (secondary N) is 1. The highest BCUT2D eigenvalue weighted by Crippen LogP contribution is 2.62. The molecule has 156 valence electrons. The fourth-order valence-corrected chi connectivity index (χ4v) is 8.03. The van der Waals surface area contributed by atoms with E-state index in [1.165, 1.54) is 56.8 Å². The van der Waals surface area contributed by atoms with Crippen molar-refractivity contribution in [3.8, 4) is 6.07 Å². The fraction of sp³-hybridized carbons (Fsp3) is 0.905. The van der Waals surface area contributed by atoms with Crippen LogP contribution in [0.15, 0.2) is 0 Å². The Labute approximate surface area is 179 Å². The zero-order valence-corrected chi connectivity index (χ0v) is 18.3. The van der Waals surface area contributed by atoms with E-state index in [-0.39, 0.29) is 29.9 Å². The molecule has 2 saturated heterocycles. The number of carbonyl (C=O) groups is 1. The van der Waals surface area contributed by atoms with E-state index >= 15 is 0 Å². The summed E-state index contributed by atoms with van der Waals surface area (Å²) in [6, 6.07) is 2.10. The third-order valence-electron chi connectivity index (χ3n) is 8.31. The summed E-state index contributed by atoms with van der Waals surface area (Å²) in [6.07, 6.45) is 7.10. The summed E-state index contributed by atoms with van der Waals surface area (Å²) in [5.74, 6) is 6.13. The molecule has 5 nitrogen and oxygen atoms in total. The van der Waals surface area contributed by atoms with Gasteiger partial charge in [0.2, 0.25) is 5.91 Å². The summed E-state index contributed by atoms with van der Waals surface area (Å²) in [6.45, 7) is 5.06. The lowest BCUT2D eigenvalue weighted by Gasteiger charge is -2.42. The maximum atomic E-state index is 12.7. The predicted octanol–water partition coefficient (Wildman–Crippen LogP) is 2.37. The summed E-state index contributed by atoms with van der Waals surface area (Å²) in [4.78, 5) is 17.2. The van der Waals surface area contributed by atoms with Gasteiger partial charge < -0.3 is 15.1 Å². The Balaban J connectivity index is 0.00000192. The van der Waals surface area contributed by atoms with Crippen LogP contribution in [0.4, 0.5) is 0 Å². The summed E-state index contributed by atoms with van der Waals surface area (Å²) < 4.78 is 0. The Morgan fingerprint density at radius 3 is 2.57 bits per heavy atom. The van der Waals surface area contributed by atoms with Crippen molar-refractivity contribution in [2.75, 3.05) is 44.2 Å². The number of likely N-dealkylation sites (tertiary alicyclic amines) is 1. The standard InChI is InChI=1S/C21H32N4OS.ClH/c22-12-18-2-1-3-25(18)20(26)13-23-21-10-15-8-17(21)9-16(11-21)19(15)14-24-4-6-27-7-5-24;/h15-19,23H,1-11,13-14H2;1H/t15?,16?,17?,18-,19?,21?;/m0./s1. The third kappa shape index (κ3) is 3.57. The molecule has 1 amide bonds. The van der Waals surface area contributed by atoms with Crippen molar-refractivity contribution in [2.24, 2.45) is 23.7 Å². The fourth-order valence-electron chi connectivity index (χ4n) is 7.06. The zero-order chi connectivity index (χ0) is 18.4. The highest BCUT2D eigenvalue weighted by atomic mass is 35.5. The lowest BCUT2D eigenvalue weighted by molar-refractivity contribution is -0.130. The van der Waals surface area contributed by atoms with Gasteiger partial charge in [-0.3, -0.25) is 4.79 Å². The van der Waals surface area contributed by atoms with Crippen LogP contribution in [0.25, 0.3) is 0 Å². The van der Waals surface area contributed by atoms with Crippen LogP contribution in [0.2, 0.25) is 0 Å². The summed E-state index contributed by atoms with van der Waals surface area (Å²) in [5.41, 5.74) is 0.223. The maximum Gasteiger partial charge on any atom is 0.237 e. The molecule has 3 atom stereocenters. The van der Waals surface area contributed by atoms with Gasteiger partial charge in [0.05, 0.1) is 12.6 Å². The Morgan fingerprint density at radius 1 is 1.18 bits per heavy atom. The Hall–Kier alpha value is -0.480. The molecule has 2 heterocycles. The number of thioether (sulfide) groups is 1. The van der Waals surface area contributed by atoms with Crippen molar-refractivity contribution in [3.63, 3.8) is 0 Å². The molecule has 0 radical (unpaired) electrons. The molecule has 28 heavy (non-hydrogen) atoms. The SMILES string of the molecule is Cl.N#C[C@@H]1CCCN1C(=O)CNC12CC3CC1CC(C2)C3CN1CCSCC1. The first-order chi connectivity index (χ1) is 13.2. The van der Waals surface area contributed by atoms with E-state index in [4.69, 9.17) is 0 Å². The van der Waals surface area contributed by atoms with Gasteiger partial charge in [-0.05, 0) is 62.2 Å². The normalized spacial score (nSPS) is 41.8. The van der Waals surface area contributed by atoms with E-state index < -0.39 is 0 Å². The first-order valence-electron chi connectivity index (χ1n) is 10.9. The molecular formula is C21H33ClN4OS. The van der Waals surface area contributed by atoms with Gasteiger partial charge >= 0.3 is 0 Å². The second-order valence-corrected chi connectivity index (χ2v) is 10.8. The molecule has 0 aromatic carbocycles. The smallest absolute Gasteiger partial charge is 0.237 e. The average Bonchev–Trinajstić information content (AvgIpc) is 3.34. The monoisotopic (exact) mass is 424 g/mol. The van der Waals surface area contributed by atoms with Crippen molar-refractivity contribution in [1.29, 1.82) is 5.26 Å². The Kier molecular flexibility index (Phi) is 6.19. The predicted molar refractivity (Wildman–Crippen MR) is 115 cm³/mol. The molecule has 2 unspecified atom stereocenters. The van der Waals surface area contributed by atoms with Gasteiger partial charge in [-0.1, -0.05) is 0 Å². The van der Waals surface area contributed by atoms with E-state index in [0.717, 1.165) is 43.1 Å². The molecule has 4 aliphatic carbocycles. The molecule has 4 saturated carbocycles. The molecule has 0 aromatic heterocycles. The molecule has 2 aliphatic heterocycles. The van der Waals surface area contributed by atoms with Crippen LogP contribution in [0.5, 0.6) is 0 Å². The van der Waals surface area contributed by atoms with Gasteiger partial charge in [-0.25, -0.2) is 0 Å². The van der Waals surface area contributed by atoms with E-state index in [2.05, 4.69) is 28.0 Å². The molecular weight excluding hydrogens is 392 g/mol. The minimum atomic E-state index is -0.194. The van der Waals surface area contributed by atoms with Gasteiger partial charge in [-0.15, -0.1) is 12.4 Å². The first kappa shape index (κ1) is 20.8. The van der Waals surface area contributed by atoms with Crippen LogP contribution in [-0.2, 0) is 4.79 Å². The van der Waals surface area contributed by atoms with Gasteiger partial charge in [0.1, 0.15) is 6.04 Å². The molecule has 6 rings (SSSR count). The second kappa shape index (κ2) is 8.34. The van der Waals surface area contributed by atoms with E-state index in [0.29, 0.717) is 6.54 Å². The van der Waals surface area contributed by atoms with Crippen molar-refractivity contribution in [2.45, 2.75) is 50.1 Å². The number of carbonyl (C=O) groups excluding carboxylic acids is 1. The van der Waals surface area contributed by atoms with E-state index in [9.17, 15) is 10.1 Å². The number of nitriles is 1. The summed E-state index contributed by atoms with van der Waals surface area (Å²) >= 11 is 2.10. The number of amides is 1. The van der Waals surface area contributed by atoms with Crippen molar-refractivity contribution in [1.82, 2.24) is 15.1 Å². The van der Waals surface area contributed by atoms with Crippen molar-refractivity contribution >= 4 is 30.1 Å². The number of rotatable bonds is 5. The molecule has 1 N–H and O–H groups in total. The van der Waals surface area contributed by atoms with Crippen LogP contribution >= 0.6 is 24.2 Å². The number of halogens is 1. The summed E-state index contributed by atoms with van der Waals surface area (Å²) in [7, 11) is 0. The molecule has 7 heteroatoms. The molecule has 0 spiro atoms. The quantitative estimate of drug-likeness (QED) is 0.734. The first-order valence-corrected chi connectivity index (χ1v) is 12.1. The van der Waals surface area contributed by atoms with Gasteiger partial charge in [0.15, 0.2) is 0 Å². The van der Waals surface area contributed by atoms with E-state index in [1.54, 1.807) is 4.90 Å². The van der Waals surface area contributed by atoms with E-state index in [1.807, 2.05) is 0 Å². The highest BCUT2D eigenvalue weighted by Gasteiger charge is 2.61. The summed E-state index contributed by atoms with van der Waals surface area (Å²) in [5, 5.41) is 13.0. The van der Waals surface area contributed by atoms with Gasteiger partial charge in [-0.2, -0.15) is 17.0 Å². The zero-order valence-electron chi connectivity index (χ0n) is 16.6. The second-order valence-electron chi connectivity index (χ2n) is 9.56. The van der Waals surface area contributed by atoms with Crippen LogP contribution in [0, 0.1) is 35.0 Å². The van der Waals surface area contributed by atoms with Crippen LogP contribution in [0.1, 0.15) is 38.5 Å². The van der Waals surface area contributed by atoms with Gasteiger partial charge in [0, 0.05) is 43.2 Å². The maximum absolute atomic E-state index is 12.7. The lowest BCUT2D eigenvalue weighted by Crippen LogP contribution is -2.52. The van der Waals surface area contributed by atoms with Crippen molar-refractivity contribution < 1.29 is 4.79 Å². The van der Waals surface area contributed by atoms with Crippen LogP contribution in [0.3, 0.4) is 0 Å². The Morgan fingerprint density at radius 2 is 1.89 bits per heavy atom.